The molecule has 0 aromatic carbocycles. The molecule has 3 atom stereocenters. The molecule has 1 saturated heterocycles. The molecule has 2 aliphatic rings. The highest BCUT2D eigenvalue weighted by atomic mass is 32.2. The van der Waals surface area contributed by atoms with Crippen molar-refractivity contribution >= 4 is 15.7 Å². The van der Waals surface area contributed by atoms with E-state index in [9.17, 15) is 13.2 Å². The Bertz CT molecular complexity index is 664. The first kappa shape index (κ1) is 16.2. The molecular formula is C15H20N2O5S. The van der Waals surface area contributed by atoms with Gasteiger partial charge in [-0.3, -0.25) is 4.79 Å². The largest absolute Gasteiger partial charge is 0.471 e. The predicted molar refractivity (Wildman–Crippen MR) is 82.8 cm³/mol. The number of nitrogens with zero attached hydrogens (tertiary/aromatic N) is 2. The summed E-state index contributed by atoms with van der Waals surface area (Å²) in [7, 11) is -3.34. The molecule has 0 N–H and O–H groups in total. The number of fused-ring (bicyclic) bond motifs is 1. The lowest BCUT2D eigenvalue weighted by Gasteiger charge is -2.38. The Balaban J connectivity index is 1.69. The Morgan fingerprint density at radius 3 is 2.96 bits per heavy atom. The number of hydrogen-bond acceptors (Lipinski definition) is 6. The van der Waals surface area contributed by atoms with Crippen molar-refractivity contribution in [3.8, 4) is 5.88 Å². The molecule has 8 heteroatoms. The normalized spacial score (nSPS) is 27.5. The van der Waals surface area contributed by atoms with Crippen molar-refractivity contribution in [2.45, 2.75) is 31.1 Å². The van der Waals surface area contributed by atoms with Crippen LogP contribution in [-0.2, 0) is 19.4 Å². The molecule has 0 spiro atoms. The van der Waals surface area contributed by atoms with Gasteiger partial charge in [0.05, 0.1) is 12.6 Å². The number of hydrogen-bond donors (Lipinski definition) is 0. The molecule has 1 saturated carbocycles. The topological polar surface area (TPSA) is 85.8 Å². The van der Waals surface area contributed by atoms with Crippen LogP contribution in [0.15, 0.2) is 24.4 Å². The summed E-state index contributed by atoms with van der Waals surface area (Å²) in [5, 5.41) is 0. The number of carbonyl (C=O) groups is 1. The molecule has 1 aromatic rings. The van der Waals surface area contributed by atoms with Gasteiger partial charge in [-0.15, -0.1) is 0 Å². The quantitative estimate of drug-likeness (QED) is 0.782. The molecule has 7 nitrogen and oxygen atoms in total. The smallest absolute Gasteiger partial charge is 0.238 e. The van der Waals surface area contributed by atoms with Crippen LogP contribution < -0.4 is 4.74 Å². The lowest BCUT2D eigenvalue weighted by molar-refractivity contribution is -0.145. The molecule has 1 aromatic heterocycles. The lowest BCUT2D eigenvalue weighted by Crippen LogP contribution is -2.55. The van der Waals surface area contributed by atoms with Gasteiger partial charge in [-0.1, -0.05) is 6.07 Å². The third-order valence-corrected chi connectivity index (χ3v) is 4.92. The predicted octanol–water partition coefficient (Wildman–Crippen LogP) is 0.263. The fourth-order valence-corrected chi connectivity index (χ4v) is 3.85. The third kappa shape index (κ3) is 3.81. The minimum atomic E-state index is -3.34. The van der Waals surface area contributed by atoms with Gasteiger partial charge in [-0.05, 0) is 18.9 Å². The van der Waals surface area contributed by atoms with Crippen molar-refractivity contribution in [1.82, 2.24) is 9.88 Å². The van der Waals surface area contributed by atoms with Crippen LogP contribution in [0.2, 0.25) is 0 Å². The molecule has 23 heavy (non-hydrogen) atoms. The Morgan fingerprint density at radius 2 is 2.26 bits per heavy atom. The second-order valence-electron chi connectivity index (χ2n) is 5.96. The minimum absolute atomic E-state index is 0.133. The average Bonchev–Trinajstić information content (AvgIpc) is 2.90. The van der Waals surface area contributed by atoms with E-state index in [4.69, 9.17) is 9.47 Å². The van der Waals surface area contributed by atoms with E-state index < -0.39 is 15.6 Å². The maximum atomic E-state index is 12.3. The minimum Gasteiger partial charge on any atom is -0.471 e. The summed E-state index contributed by atoms with van der Waals surface area (Å²) >= 11 is 0. The highest BCUT2D eigenvalue weighted by Gasteiger charge is 2.46. The summed E-state index contributed by atoms with van der Waals surface area (Å²) < 4.78 is 34.4. The summed E-state index contributed by atoms with van der Waals surface area (Å²) in [6.07, 6.45) is 3.79. The number of aromatic nitrogens is 1. The zero-order valence-electron chi connectivity index (χ0n) is 12.9. The number of morpholine rings is 1. The molecule has 1 amide bonds. The van der Waals surface area contributed by atoms with Crippen LogP contribution in [0.3, 0.4) is 0 Å². The standard InChI is InChI=1S/C15H20N2O5S/c1-23(19,20)10-14(18)17-8-9-21-15-11(17)5-6-12(15)22-13-4-2-3-7-16-13/h2-4,7,11-12,15H,5-6,8-10H2,1H3/t11-,12-,15+/m1/s1. The zero-order valence-corrected chi connectivity index (χ0v) is 13.7. The monoisotopic (exact) mass is 340 g/mol. The fraction of sp³-hybridized carbons (Fsp3) is 0.600. The van der Waals surface area contributed by atoms with Gasteiger partial charge >= 0.3 is 0 Å². The molecule has 0 radical (unpaired) electrons. The number of ether oxygens (including phenoxy) is 2. The first-order chi connectivity index (χ1) is 10.9. The molecule has 3 rings (SSSR count). The fourth-order valence-electron chi connectivity index (χ4n) is 3.23. The lowest BCUT2D eigenvalue weighted by atomic mass is 10.1. The highest BCUT2D eigenvalue weighted by molar-refractivity contribution is 7.91. The maximum absolute atomic E-state index is 12.3. The Kier molecular flexibility index (Phi) is 4.54. The van der Waals surface area contributed by atoms with Gasteiger partial charge in [-0.25, -0.2) is 13.4 Å². The van der Waals surface area contributed by atoms with E-state index >= 15 is 0 Å². The van der Waals surface area contributed by atoms with Crippen molar-refractivity contribution in [1.29, 1.82) is 0 Å². The van der Waals surface area contributed by atoms with Gasteiger partial charge in [0.2, 0.25) is 11.8 Å². The van der Waals surface area contributed by atoms with Gasteiger partial charge < -0.3 is 14.4 Å². The van der Waals surface area contributed by atoms with Crippen LogP contribution in [0.4, 0.5) is 0 Å². The van der Waals surface area contributed by atoms with E-state index in [1.807, 2.05) is 12.1 Å². The molecule has 2 heterocycles. The van der Waals surface area contributed by atoms with Crippen LogP contribution >= 0.6 is 0 Å². The second-order valence-corrected chi connectivity index (χ2v) is 8.10. The highest BCUT2D eigenvalue weighted by Crippen LogP contribution is 2.32. The second kappa shape index (κ2) is 6.45. The van der Waals surface area contributed by atoms with Gasteiger partial charge in [0.15, 0.2) is 9.84 Å². The van der Waals surface area contributed by atoms with E-state index in [2.05, 4.69) is 4.98 Å². The molecule has 1 aliphatic heterocycles. The molecule has 0 bridgehead atoms. The number of amides is 1. The Labute approximate surface area is 135 Å². The van der Waals surface area contributed by atoms with E-state index in [0.717, 1.165) is 19.1 Å². The van der Waals surface area contributed by atoms with Crippen molar-refractivity contribution in [2.24, 2.45) is 0 Å². The first-order valence-electron chi connectivity index (χ1n) is 7.60. The zero-order chi connectivity index (χ0) is 16.4. The Morgan fingerprint density at radius 1 is 1.43 bits per heavy atom. The first-order valence-corrected chi connectivity index (χ1v) is 9.66. The van der Waals surface area contributed by atoms with Crippen molar-refractivity contribution in [3.63, 3.8) is 0 Å². The van der Waals surface area contributed by atoms with E-state index in [1.165, 1.54) is 0 Å². The average molecular weight is 340 g/mol. The van der Waals surface area contributed by atoms with Crippen molar-refractivity contribution in [2.75, 3.05) is 25.2 Å². The molecular weight excluding hydrogens is 320 g/mol. The van der Waals surface area contributed by atoms with E-state index in [0.29, 0.717) is 19.0 Å². The molecule has 0 unspecified atom stereocenters. The van der Waals surface area contributed by atoms with E-state index in [-0.39, 0.29) is 24.2 Å². The number of rotatable bonds is 4. The summed E-state index contributed by atoms with van der Waals surface area (Å²) in [6.45, 7) is 0.810. The summed E-state index contributed by atoms with van der Waals surface area (Å²) in [6, 6.07) is 5.31. The van der Waals surface area contributed by atoms with Crippen molar-refractivity contribution < 1.29 is 22.7 Å². The molecule has 126 valence electrons. The van der Waals surface area contributed by atoms with Gasteiger partial charge in [-0.2, -0.15) is 0 Å². The van der Waals surface area contributed by atoms with Crippen LogP contribution in [-0.4, -0.2) is 67.6 Å². The number of pyridine rings is 1. The van der Waals surface area contributed by atoms with Gasteiger partial charge in [0, 0.05) is 25.1 Å². The van der Waals surface area contributed by atoms with Crippen LogP contribution in [0, 0.1) is 0 Å². The third-order valence-electron chi connectivity index (χ3n) is 4.15. The van der Waals surface area contributed by atoms with Gasteiger partial charge in [0.25, 0.3) is 0 Å². The number of sulfone groups is 1. The van der Waals surface area contributed by atoms with Crippen LogP contribution in [0.25, 0.3) is 0 Å². The Hall–Kier alpha value is -1.67. The van der Waals surface area contributed by atoms with Crippen LogP contribution in [0.5, 0.6) is 5.88 Å². The van der Waals surface area contributed by atoms with Gasteiger partial charge in [0.1, 0.15) is 18.0 Å². The SMILES string of the molecule is CS(=O)(=O)CC(=O)N1CCO[C@H]2[C@H]1CC[C@H]2Oc1ccccn1. The molecule has 1 aliphatic carbocycles. The van der Waals surface area contributed by atoms with E-state index in [1.54, 1.807) is 17.2 Å². The molecule has 2 fully saturated rings. The number of carbonyl (C=O) groups excluding carboxylic acids is 1. The maximum Gasteiger partial charge on any atom is 0.238 e. The van der Waals surface area contributed by atoms with Crippen molar-refractivity contribution in [3.05, 3.63) is 24.4 Å². The summed E-state index contributed by atoms with van der Waals surface area (Å²) in [5.74, 6) is -0.284. The summed E-state index contributed by atoms with van der Waals surface area (Å²) in [4.78, 5) is 18.0. The summed E-state index contributed by atoms with van der Waals surface area (Å²) in [5.41, 5.74) is 0. The van der Waals surface area contributed by atoms with Crippen LogP contribution in [0.1, 0.15) is 12.8 Å².